The largest absolute Gasteiger partial charge is 0.192 e. The Bertz CT molecular complexity index is 361. The number of aryl methyl sites for hydroxylation is 1. The maximum atomic E-state index is 8.78. The minimum absolute atomic E-state index is 0.718. The molecule has 0 aliphatic rings. The number of hydrogen-bond acceptors (Lipinski definition) is 1. The van der Waals surface area contributed by atoms with Gasteiger partial charge in [-0.3, -0.25) is 0 Å². The van der Waals surface area contributed by atoms with Crippen molar-refractivity contribution in [2.45, 2.75) is 20.8 Å². The summed E-state index contributed by atoms with van der Waals surface area (Å²) in [5.41, 5.74) is 4.30. The minimum atomic E-state index is 0.718. The summed E-state index contributed by atoms with van der Waals surface area (Å²) in [5, 5.41) is 8.78. The molecule has 0 aliphatic carbocycles. The Balaban J connectivity index is 3.52. The zero-order valence-electron chi connectivity index (χ0n) is 7.40. The Morgan fingerprint density at radius 3 is 2.33 bits per heavy atom. The van der Waals surface area contributed by atoms with E-state index < -0.39 is 0 Å². The summed E-state index contributed by atoms with van der Waals surface area (Å²) in [5.74, 6) is 0. The second-order valence-electron chi connectivity index (χ2n) is 2.92. The molecule has 0 unspecified atom stereocenters. The summed E-state index contributed by atoms with van der Waals surface area (Å²) in [6.45, 7) is 6.11. The van der Waals surface area contributed by atoms with Crippen molar-refractivity contribution >= 4 is 15.9 Å². The molecule has 0 atom stereocenters. The van der Waals surface area contributed by atoms with Crippen LogP contribution in [0.15, 0.2) is 10.5 Å². The number of nitrogens with zero attached hydrogens (tertiary/aromatic N) is 1. The van der Waals surface area contributed by atoms with Crippen molar-refractivity contribution in [3.63, 3.8) is 0 Å². The van der Waals surface area contributed by atoms with Gasteiger partial charge in [-0.2, -0.15) is 5.26 Å². The Labute approximate surface area is 81.2 Å². The zero-order valence-corrected chi connectivity index (χ0v) is 8.99. The second kappa shape index (κ2) is 3.28. The fourth-order valence-corrected chi connectivity index (χ4v) is 1.63. The maximum absolute atomic E-state index is 8.78. The van der Waals surface area contributed by atoms with E-state index in [4.69, 9.17) is 5.26 Å². The summed E-state index contributed by atoms with van der Waals surface area (Å²) < 4.78 is 0.924. The van der Waals surface area contributed by atoms with E-state index in [0.29, 0.717) is 0 Å². The van der Waals surface area contributed by atoms with Crippen LogP contribution in [0.25, 0.3) is 0 Å². The van der Waals surface area contributed by atoms with E-state index in [0.717, 1.165) is 15.6 Å². The molecule has 0 saturated carbocycles. The molecule has 0 radical (unpaired) electrons. The van der Waals surface area contributed by atoms with E-state index in [9.17, 15) is 0 Å². The van der Waals surface area contributed by atoms with Crippen molar-refractivity contribution in [2.24, 2.45) is 0 Å². The molecule has 0 fully saturated rings. The van der Waals surface area contributed by atoms with E-state index in [2.05, 4.69) is 28.9 Å². The minimum Gasteiger partial charge on any atom is -0.192 e. The average molecular weight is 224 g/mol. The SMILES string of the molecule is Cc1cc(C#N)c(Br)c(C)c1C. The smallest absolute Gasteiger partial charge is 0.100 e. The molecule has 0 saturated heterocycles. The number of halogens is 1. The van der Waals surface area contributed by atoms with Gasteiger partial charge in [0.05, 0.1) is 5.56 Å². The lowest BCUT2D eigenvalue weighted by molar-refractivity contribution is 1.23. The van der Waals surface area contributed by atoms with E-state index >= 15 is 0 Å². The van der Waals surface area contributed by atoms with Gasteiger partial charge < -0.3 is 0 Å². The topological polar surface area (TPSA) is 23.8 Å². The first kappa shape index (κ1) is 9.28. The number of benzene rings is 1. The molecule has 12 heavy (non-hydrogen) atoms. The summed E-state index contributed by atoms with van der Waals surface area (Å²) >= 11 is 3.40. The van der Waals surface area contributed by atoms with Crippen molar-refractivity contribution in [3.8, 4) is 6.07 Å². The van der Waals surface area contributed by atoms with Crippen LogP contribution in [0.3, 0.4) is 0 Å². The molecule has 0 aliphatic heterocycles. The zero-order chi connectivity index (χ0) is 9.30. The van der Waals surface area contributed by atoms with Crippen LogP contribution in [0.1, 0.15) is 22.3 Å². The molecule has 1 nitrogen and oxygen atoms in total. The Kier molecular flexibility index (Phi) is 2.54. The predicted molar refractivity (Wildman–Crippen MR) is 53.1 cm³/mol. The van der Waals surface area contributed by atoms with Gasteiger partial charge in [-0.1, -0.05) is 0 Å². The van der Waals surface area contributed by atoms with Crippen LogP contribution < -0.4 is 0 Å². The summed E-state index contributed by atoms with van der Waals surface area (Å²) in [6.07, 6.45) is 0. The highest BCUT2D eigenvalue weighted by Gasteiger charge is 2.06. The molecule has 0 heterocycles. The number of nitriles is 1. The molecule has 2 heteroatoms. The third kappa shape index (κ3) is 1.37. The molecule has 0 bridgehead atoms. The fraction of sp³-hybridized carbons (Fsp3) is 0.300. The van der Waals surface area contributed by atoms with Gasteiger partial charge in [0.25, 0.3) is 0 Å². The van der Waals surface area contributed by atoms with Gasteiger partial charge in [0, 0.05) is 4.47 Å². The quantitative estimate of drug-likeness (QED) is 0.663. The highest BCUT2D eigenvalue weighted by atomic mass is 79.9. The highest BCUT2D eigenvalue weighted by Crippen LogP contribution is 2.26. The molecule has 0 spiro atoms. The first-order chi connectivity index (χ1) is 5.57. The summed E-state index contributed by atoms with van der Waals surface area (Å²) in [7, 11) is 0. The average Bonchev–Trinajstić information content (AvgIpc) is 2.08. The van der Waals surface area contributed by atoms with Crippen molar-refractivity contribution in [3.05, 3.63) is 32.8 Å². The normalized spacial score (nSPS) is 9.58. The van der Waals surface area contributed by atoms with Crippen molar-refractivity contribution < 1.29 is 0 Å². The molecule has 0 aromatic heterocycles. The monoisotopic (exact) mass is 223 g/mol. The van der Waals surface area contributed by atoms with Crippen LogP contribution in [0.5, 0.6) is 0 Å². The van der Waals surface area contributed by atoms with Crippen molar-refractivity contribution in [2.75, 3.05) is 0 Å². The van der Waals surface area contributed by atoms with Crippen LogP contribution in [-0.4, -0.2) is 0 Å². The van der Waals surface area contributed by atoms with E-state index in [-0.39, 0.29) is 0 Å². The molecule has 1 rings (SSSR count). The van der Waals surface area contributed by atoms with Crippen molar-refractivity contribution in [1.29, 1.82) is 5.26 Å². The standard InChI is InChI=1S/C10H10BrN/c1-6-4-9(5-12)10(11)8(3)7(6)2/h4H,1-3H3. The van der Waals surface area contributed by atoms with Crippen LogP contribution in [-0.2, 0) is 0 Å². The lowest BCUT2D eigenvalue weighted by atomic mass is 10.0. The Hall–Kier alpha value is -0.810. The van der Waals surface area contributed by atoms with Gasteiger partial charge in [0.15, 0.2) is 0 Å². The first-order valence-corrected chi connectivity index (χ1v) is 4.53. The molecule has 0 N–H and O–H groups in total. The predicted octanol–water partition coefficient (Wildman–Crippen LogP) is 3.25. The third-order valence-electron chi connectivity index (χ3n) is 2.20. The molecular weight excluding hydrogens is 214 g/mol. The van der Waals surface area contributed by atoms with Crippen LogP contribution in [0.4, 0.5) is 0 Å². The first-order valence-electron chi connectivity index (χ1n) is 3.74. The Morgan fingerprint density at radius 1 is 1.25 bits per heavy atom. The fourth-order valence-electron chi connectivity index (χ4n) is 1.13. The van der Waals surface area contributed by atoms with Crippen molar-refractivity contribution in [1.82, 2.24) is 0 Å². The molecule has 62 valence electrons. The highest BCUT2D eigenvalue weighted by molar-refractivity contribution is 9.10. The van der Waals surface area contributed by atoms with E-state index in [1.807, 2.05) is 19.9 Å². The third-order valence-corrected chi connectivity index (χ3v) is 3.22. The molecule has 0 amide bonds. The van der Waals surface area contributed by atoms with Crippen LogP contribution >= 0.6 is 15.9 Å². The van der Waals surface area contributed by atoms with Gasteiger partial charge in [-0.25, -0.2) is 0 Å². The maximum Gasteiger partial charge on any atom is 0.100 e. The number of rotatable bonds is 0. The van der Waals surface area contributed by atoms with Gasteiger partial charge in [-0.15, -0.1) is 0 Å². The Morgan fingerprint density at radius 2 is 1.83 bits per heavy atom. The molecular formula is C10H10BrN. The lowest BCUT2D eigenvalue weighted by Gasteiger charge is -2.07. The van der Waals surface area contributed by atoms with Crippen LogP contribution in [0.2, 0.25) is 0 Å². The van der Waals surface area contributed by atoms with Gasteiger partial charge >= 0.3 is 0 Å². The number of hydrogen-bond donors (Lipinski definition) is 0. The van der Waals surface area contributed by atoms with Crippen LogP contribution in [0, 0.1) is 32.1 Å². The van der Waals surface area contributed by atoms with Gasteiger partial charge in [0.1, 0.15) is 6.07 Å². The van der Waals surface area contributed by atoms with Gasteiger partial charge in [0.2, 0.25) is 0 Å². The van der Waals surface area contributed by atoms with E-state index in [1.54, 1.807) is 0 Å². The summed E-state index contributed by atoms with van der Waals surface area (Å²) in [4.78, 5) is 0. The molecule has 1 aromatic carbocycles. The van der Waals surface area contributed by atoms with E-state index in [1.165, 1.54) is 11.1 Å². The molecule has 1 aromatic rings. The lowest BCUT2D eigenvalue weighted by Crippen LogP contribution is -1.91. The van der Waals surface area contributed by atoms with Gasteiger partial charge in [-0.05, 0) is 59.5 Å². The second-order valence-corrected chi connectivity index (χ2v) is 3.71. The summed E-state index contributed by atoms with van der Waals surface area (Å²) in [6, 6.07) is 4.07.